The number of nitrogens with zero attached hydrogens (tertiary/aromatic N) is 1. The van der Waals surface area contributed by atoms with Crippen LogP contribution in [0.2, 0.25) is 0 Å². The first-order valence-corrected chi connectivity index (χ1v) is 9.20. The Kier molecular flexibility index (Phi) is 5.49. The maximum Gasteiger partial charge on any atom is 0.338 e. The molecule has 1 saturated carbocycles. The summed E-state index contributed by atoms with van der Waals surface area (Å²) in [5.74, 6) is 0.293. The largest absolute Gasteiger partial charge is 0.490 e. The van der Waals surface area contributed by atoms with Crippen molar-refractivity contribution in [3.05, 3.63) is 41.1 Å². The Bertz CT molecular complexity index is 722. The number of rotatable bonds is 5. The minimum atomic E-state index is -0.588. The first-order valence-electron chi connectivity index (χ1n) is 9.20. The molecule has 2 aliphatic rings. The topological polar surface area (TPSA) is 67.9 Å². The summed E-state index contributed by atoms with van der Waals surface area (Å²) in [4.78, 5) is 26.4. The molecule has 1 fully saturated rings. The second-order valence-corrected chi connectivity index (χ2v) is 6.72. The van der Waals surface area contributed by atoms with Crippen molar-refractivity contribution in [2.45, 2.75) is 51.7 Å². The van der Waals surface area contributed by atoms with Gasteiger partial charge in [0.1, 0.15) is 5.75 Å². The number of hydrogen-bond donors (Lipinski definition) is 1. The standard InChI is InChI=1S/C20H26N2O4/c1-4-25-19(23)17-13(2)22(3)20(24)21-18(17)15-11-7-8-12-16(15)26-14-9-5-6-10-14/h7-8,11-12,14,18H,4-6,9-10H2,1-3H3,(H,21,24). The minimum Gasteiger partial charge on any atom is -0.490 e. The second kappa shape index (κ2) is 7.81. The molecule has 26 heavy (non-hydrogen) atoms. The van der Waals surface area contributed by atoms with E-state index in [2.05, 4.69) is 5.32 Å². The molecular weight excluding hydrogens is 332 g/mol. The van der Waals surface area contributed by atoms with Crippen molar-refractivity contribution >= 4 is 12.0 Å². The molecule has 1 aliphatic heterocycles. The summed E-state index contributed by atoms with van der Waals surface area (Å²) in [5.41, 5.74) is 1.81. The number of carbonyl (C=O) groups excluding carboxylic acids is 2. The Labute approximate surface area is 154 Å². The molecule has 1 N–H and O–H groups in total. The highest BCUT2D eigenvalue weighted by atomic mass is 16.5. The van der Waals surface area contributed by atoms with Gasteiger partial charge in [0.2, 0.25) is 0 Å². The highest BCUT2D eigenvalue weighted by Crippen LogP contribution is 2.36. The number of benzene rings is 1. The molecule has 3 rings (SSSR count). The van der Waals surface area contributed by atoms with Crippen LogP contribution in [0.3, 0.4) is 0 Å². The van der Waals surface area contributed by atoms with Crippen molar-refractivity contribution in [2.75, 3.05) is 13.7 Å². The smallest absolute Gasteiger partial charge is 0.338 e. The van der Waals surface area contributed by atoms with E-state index >= 15 is 0 Å². The van der Waals surface area contributed by atoms with Gasteiger partial charge in [0.25, 0.3) is 0 Å². The highest BCUT2D eigenvalue weighted by Gasteiger charge is 2.36. The monoisotopic (exact) mass is 358 g/mol. The normalized spacial score (nSPS) is 21.0. The molecule has 1 aliphatic carbocycles. The van der Waals surface area contributed by atoms with E-state index in [-0.39, 0.29) is 18.7 Å². The van der Waals surface area contributed by atoms with Gasteiger partial charge in [-0.3, -0.25) is 0 Å². The predicted molar refractivity (Wildman–Crippen MR) is 97.7 cm³/mol. The Morgan fingerprint density at radius 1 is 1.27 bits per heavy atom. The van der Waals surface area contributed by atoms with Crippen molar-refractivity contribution < 1.29 is 19.1 Å². The van der Waals surface area contributed by atoms with Crippen molar-refractivity contribution in [1.82, 2.24) is 10.2 Å². The minimum absolute atomic E-state index is 0.189. The fourth-order valence-electron chi connectivity index (χ4n) is 3.55. The van der Waals surface area contributed by atoms with Crippen molar-refractivity contribution in [3.63, 3.8) is 0 Å². The van der Waals surface area contributed by atoms with Crippen LogP contribution < -0.4 is 10.1 Å². The summed E-state index contributed by atoms with van der Waals surface area (Å²) in [6, 6.07) is 6.75. The zero-order valence-corrected chi connectivity index (χ0v) is 15.6. The molecule has 0 saturated heterocycles. The van der Waals surface area contributed by atoms with Gasteiger partial charge >= 0.3 is 12.0 Å². The first kappa shape index (κ1) is 18.3. The summed E-state index contributed by atoms with van der Waals surface area (Å²) in [6.07, 6.45) is 4.60. The maximum absolute atomic E-state index is 12.6. The third-order valence-corrected chi connectivity index (χ3v) is 5.08. The maximum atomic E-state index is 12.6. The number of amides is 2. The van der Waals surface area contributed by atoms with Crippen LogP contribution in [0.15, 0.2) is 35.5 Å². The van der Waals surface area contributed by atoms with E-state index in [4.69, 9.17) is 9.47 Å². The van der Waals surface area contributed by atoms with E-state index in [1.54, 1.807) is 20.9 Å². The van der Waals surface area contributed by atoms with Crippen molar-refractivity contribution in [1.29, 1.82) is 0 Å². The number of ether oxygens (including phenoxy) is 2. The van der Waals surface area contributed by atoms with Crippen LogP contribution in [0, 0.1) is 0 Å². The number of hydrogen-bond acceptors (Lipinski definition) is 4. The van der Waals surface area contributed by atoms with Crippen LogP contribution in [0.1, 0.15) is 51.1 Å². The third-order valence-electron chi connectivity index (χ3n) is 5.08. The lowest BCUT2D eigenvalue weighted by Gasteiger charge is -2.34. The summed E-state index contributed by atoms with van der Waals surface area (Å²) < 4.78 is 11.5. The van der Waals surface area contributed by atoms with E-state index < -0.39 is 12.0 Å². The van der Waals surface area contributed by atoms with Crippen LogP contribution in [0.25, 0.3) is 0 Å². The Morgan fingerprint density at radius 2 is 1.96 bits per heavy atom. The number of esters is 1. The van der Waals surface area contributed by atoms with E-state index in [1.165, 1.54) is 17.7 Å². The number of allylic oxidation sites excluding steroid dienone is 1. The van der Waals surface area contributed by atoms with Gasteiger partial charge in [-0.15, -0.1) is 0 Å². The Morgan fingerprint density at radius 3 is 2.65 bits per heavy atom. The number of urea groups is 1. The van der Waals surface area contributed by atoms with Gasteiger partial charge in [-0.1, -0.05) is 18.2 Å². The average molecular weight is 358 g/mol. The molecule has 1 unspecified atom stereocenters. The van der Waals surface area contributed by atoms with E-state index in [9.17, 15) is 9.59 Å². The lowest BCUT2D eigenvalue weighted by atomic mass is 9.94. The van der Waals surface area contributed by atoms with E-state index in [1.807, 2.05) is 24.3 Å². The summed E-state index contributed by atoms with van der Waals surface area (Å²) in [6.45, 7) is 3.81. The van der Waals surface area contributed by atoms with Crippen LogP contribution >= 0.6 is 0 Å². The highest BCUT2D eigenvalue weighted by molar-refractivity contribution is 5.95. The Hall–Kier alpha value is -2.50. The molecule has 140 valence electrons. The quantitative estimate of drug-likeness (QED) is 0.818. The molecule has 1 aromatic carbocycles. The zero-order chi connectivity index (χ0) is 18.7. The first-order chi connectivity index (χ1) is 12.5. The van der Waals surface area contributed by atoms with Gasteiger partial charge in [0, 0.05) is 18.3 Å². The second-order valence-electron chi connectivity index (χ2n) is 6.72. The molecule has 1 atom stereocenters. The van der Waals surface area contributed by atoms with Gasteiger partial charge in [0.15, 0.2) is 0 Å². The number of carbonyl (C=O) groups is 2. The predicted octanol–water partition coefficient (Wildman–Crippen LogP) is 3.54. The lowest BCUT2D eigenvalue weighted by Crippen LogP contribution is -2.46. The zero-order valence-electron chi connectivity index (χ0n) is 15.6. The van der Waals surface area contributed by atoms with Gasteiger partial charge in [-0.05, 0) is 45.6 Å². The van der Waals surface area contributed by atoms with Gasteiger partial charge in [-0.2, -0.15) is 0 Å². The lowest BCUT2D eigenvalue weighted by molar-refractivity contribution is -0.139. The van der Waals surface area contributed by atoms with Gasteiger partial charge < -0.3 is 19.7 Å². The average Bonchev–Trinajstić information content (AvgIpc) is 3.13. The molecular formula is C20H26N2O4. The summed E-state index contributed by atoms with van der Waals surface area (Å²) in [5, 5.41) is 2.92. The molecule has 1 heterocycles. The molecule has 0 radical (unpaired) electrons. The van der Waals surface area contributed by atoms with E-state index in [0.29, 0.717) is 17.0 Å². The molecule has 2 amide bonds. The molecule has 0 bridgehead atoms. The van der Waals surface area contributed by atoms with Crippen molar-refractivity contribution in [2.24, 2.45) is 0 Å². The molecule has 0 aromatic heterocycles. The molecule has 6 nitrogen and oxygen atoms in total. The van der Waals surface area contributed by atoms with Crippen LogP contribution in [0.5, 0.6) is 5.75 Å². The van der Waals surface area contributed by atoms with Gasteiger partial charge in [0.05, 0.1) is 24.3 Å². The fraction of sp³-hybridized carbons (Fsp3) is 0.500. The SMILES string of the molecule is CCOC(=O)C1=C(C)N(C)C(=O)NC1c1ccccc1OC1CCCC1. The molecule has 1 aromatic rings. The summed E-state index contributed by atoms with van der Waals surface area (Å²) in [7, 11) is 1.64. The number of para-hydroxylation sites is 1. The molecule has 0 spiro atoms. The van der Waals surface area contributed by atoms with Gasteiger partial charge in [-0.25, -0.2) is 9.59 Å². The third kappa shape index (κ3) is 3.54. The van der Waals surface area contributed by atoms with Crippen molar-refractivity contribution in [3.8, 4) is 5.75 Å². The van der Waals surface area contributed by atoms with Crippen LogP contribution in [0.4, 0.5) is 4.79 Å². The molecule has 6 heteroatoms. The van der Waals surface area contributed by atoms with Crippen LogP contribution in [-0.4, -0.2) is 36.7 Å². The fourth-order valence-corrected chi connectivity index (χ4v) is 3.55. The van der Waals surface area contributed by atoms with E-state index in [0.717, 1.165) is 18.4 Å². The Balaban J connectivity index is 2.00. The number of nitrogens with one attached hydrogen (secondary N) is 1. The van der Waals surface area contributed by atoms with Crippen LogP contribution in [-0.2, 0) is 9.53 Å². The summed E-state index contributed by atoms with van der Waals surface area (Å²) >= 11 is 0.